The maximum absolute atomic E-state index is 13.4. The van der Waals surface area contributed by atoms with Crippen molar-refractivity contribution in [3.8, 4) is 0 Å². The summed E-state index contributed by atoms with van der Waals surface area (Å²) in [5.74, 6) is -3.01. The zero-order valence-electron chi connectivity index (χ0n) is 11.9. The maximum atomic E-state index is 13.4. The van der Waals surface area contributed by atoms with Gasteiger partial charge in [0.1, 0.15) is 5.60 Å². The van der Waals surface area contributed by atoms with Crippen molar-refractivity contribution >= 4 is 11.8 Å². The lowest BCUT2D eigenvalue weighted by atomic mass is 10.1. The molecule has 0 unspecified atom stereocenters. The molecule has 4 nitrogen and oxygen atoms in total. The molecule has 20 heavy (non-hydrogen) atoms. The van der Waals surface area contributed by atoms with Crippen LogP contribution in [0, 0.1) is 0 Å². The lowest BCUT2D eigenvalue weighted by Crippen LogP contribution is -2.31. The van der Waals surface area contributed by atoms with E-state index in [0.29, 0.717) is 11.3 Å². The highest BCUT2D eigenvalue weighted by molar-refractivity contribution is 5.85. The monoisotopic (exact) mass is 286 g/mol. The zero-order chi connectivity index (χ0) is 15.4. The third-order valence-electron chi connectivity index (χ3n) is 2.40. The smallest absolute Gasteiger partial charge is 0.412 e. The molecule has 0 fully saturated rings. The number of halogens is 2. The van der Waals surface area contributed by atoms with Gasteiger partial charge in [-0.25, -0.2) is 13.6 Å². The summed E-state index contributed by atoms with van der Waals surface area (Å²) in [5.41, 5.74) is 4.99. The van der Waals surface area contributed by atoms with E-state index in [9.17, 15) is 13.6 Å². The van der Waals surface area contributed by atoms with E-state index in [2.05, 4.69) is 5.32 Å². The second-order valence-electron chi connectivity index (χ2n) is 5.52. The summed E-state index contributed by atoms with van der Waals surface area (Å²) in [6.45, 7) is 4.43. The second-order valence-corrected chi connectivity index (χ2v) is 5.52. The molecule has 0 saturated heterocycles. The molecule has 0 atom stereocenters. The van der Waals surface area contributed by atoms with Crippen LogP contribution in [0.25, 0.3) is 0 Å². The van der Waals surface area contributed by atoms with Crippen LogP contribution >= 0.6 is 0 Å². The number of hydrogen-bond acceptors (Lipinski definition) is 3. The van der Waals surface area contributed by atoms with Gasteiger partial charge in [-0.3, -0.25) is 5.32 Å². The number of ether oxygens (including phenoxy) is 1. The average Bonchev–Trinajstić information content (AvgIpc) is 2.29. The first-order valence-corrected chi connectivity index (χ1v) is 6.29. The predicted octanol–water partition coefficient (Wildman–Crippen LogP) is 3.17. The van der Waals surface area contributed by atoms with Crippen LogP contribution in [0.2, 0.25) is 0 Å². The van der Waals surface area contributed by atoms with Crippen molar-refractivity contribution in [3.63, 3.8) is 0 Å². The normalized spacial score (nSPS) is 12.1. The van der Waals surface area contributed by atoms with Crippen LogP contribution in [-0.2, 0) is 11.2 Å². The largest absolute Gasteiger partial charge is 0.444 e. The van der Waals surface area contributed by atoms with E-state index < -0.39 is 30.6 Å². The highest BCUT2D eigenvalue weighted by atomic mass is 19.3. The number of benzene rings is 1. The number of alkyl halides is 2. The first-order chi connectivity index (χ1) is 9.13. The molecule has 0 spiro atoms. The Labute approximate surface area is 117 Å². The highest BCUT2D eigenvalue weighted by Gasteiger charge is 2.28. The molecular formula is C14H20F2N2O2. The maximum Gasteiger partial charge on any atom is 0.412 e. The molecule has 3 N–H and O–H groups in total. The Balaban J connectivity index is 2.83. The Kier molecular flexibility index (Phi) is 5.05. The van der Waals surface area contributed by atoms with Gasteiger partial charge in [-0.05, 0) is 32.4 Å². The van der Waals surface area contributed by atoms with Gasteiger partial charge in [0.15, 0.2) is 0 Å². The molecule has 0 aliphatic heterocycles. The molecule has 0 aliphatic carbocycles. The van der Waals surface area contributed by atoms with Crippen LogP contribution in [0.5, 0.6) is 0 Å². The van der Waals surface area contributed by atoms with Gasteiger partial charge in [-0.15, -0.1) is 0 Å². The summed E-state index contributed by atoms with van der Waals surface area (Å²) < 4.78 is 31.8. The topological polar surface area (TPSA) is 64.3 Å². The first-order valence-electron chi connectivity index (χ1n) is 6.29. The molecule has 1 aromatic carbocycles. The molecule has 1 rings (SSSR count). The average molecular weight is 286 g/mol. The summed E-state index contributed by atoms with van der Waals surface area (Å²) in [4.78, 5) is 11.7. The third-order valence-corrected chi connectivity index (χ3v) is 2.40. The van der Waals surface area contributed by atoms with Crippen molar-refractivity contribution < 1.29 is 18.3 Å². The number of para-hydroxylation sites is 1. The lowest BCUT2D eigenvalue weighted by molar-refractivity contribution is 0.0115. The number of nitrogens with one attached hydrogen (secondary N) is 1. The van der Waals surface area contributed by atoms with E-state index in [1.54, 1.807) is 39.0 Å². The molecule has 0 aromatic heterocycles. The van der Waals surface area contributed by atoms with Gasteiger partial charge < -0.3 is 10.5 Å². The van der Waals surface area contributed by atoms with Crippen molar-refractivity contribution in [2.75, 3.05) is 11.9 Å². The summed E-state index contributed by atoms with van der Waals surface area (Å²) in [5, 5.41) is 2.48. The van der Waals surface area contributed by atoms with Crippen LogP contribution < -0.4 is 11.1 Å². The molecule has 0 aliphatic rings. The van der Waals surface area contributed by atoms with Gasteiger partial charge in [0.25, 0.3) is 5.92 Å². The fraction of sp³-hybridized carbons (Fsp3) is 0.500. The van der Waals surface area contributed by atoms with Gasteiger partial charge in [-0.1, -0.05) is 18.2 Å². The molecular weight excluding hydrogens is 266 g/mol. The number of anilines is 1. The predicted molar refractivity (Wildman–Crippen MR) is 74.0 cm³/mol. The van der Waals surface area contributed by atoms with Crippen molar-refractivity contribution in [2.45, 2.75) is 38.7 Å². The van der Waals surface area contributed by atoms with Gasteiger partial charge in [-0.2, -0.15) is 0 Å². The van der Waals surface area contributed by atoms with Crippen LogP contribution in [0.3, 0.4) is 0 Å². The molecule has 0 saturated carbocycles. The van der Waals surface area contributed by atoms with Crippen molar-refractivity contribution in [3.05, 3.63) is 29.8 Å². The van der Waals surface area contributed by atoms with Crippen LogP contribution in [0.15, 0.2) is 24.3 Å². The summed E-state index contributed by atoms with van der Waals surface area (Å²) in [6, 6.07) is 6.35. The zero-order valence-corrected chi connectivity index (χ0v) is 11.9. The van der Waals surface area contributed by atoms with Crippen LogP contribution in [-0.4, -0.2) is 24.2 Å². The lowest BCUT2D eigenvalue weighted by Gasteiger charge is -2.21. The van der Waals surface area contributed by atoms with Gasteiger partial charge in [0.2, 0.25) is 0 Å². The van der Waals surface area contributed by atoms with E-state index >= 15 is 0 Å². The van der Waals surface area contributed by atoms with Crippen LogP contribution in [0.1, 0.15) is 26.3 Å². The standard InChI is InChI=1S/C14H20F2N2O2/c1-13(2,3)20-12(19)18-11-7-5-4-6-10(11)8-14(15,16)9-17/h4-7H,8-9,17H2,1-3H3,(H,18,19). The number of carbonyl (C=O) groups excluding carboxylic acids is 1. The van der Waals surface area contributed by atoms with E-state index in [-0.39, 0.29) is 0 Å². The van der Waals surface area contributed by atoms with Crippen molar-refractivity contribution in [1.82, 2.24) is 0 Å². The Morgan fingerprint density at radius 2 is 1.90 bits per heavy atom. The van der Waals surface area contributed by atoms with Crippen molar-refractivity contribution in [2.24, 2.45) is 5.73 Å². The summed E-state index contributed by atoms with van der Waals surface area (Å²) in [7, 11) is 0. The van der Waals surface area contributed by atoms with Gasteiger partial charge in [0, 0.05) is 12.1 Å². The highest BCUT2D eigenvalue weighted by Crippen LogP contribution is 2.24. The Bertz CT molecular complexity index is 470. The number of rotatable bonds is 4. The molecule has 1 aromatic rings. The first kappa shape index (κ1) is 16.4. The van der Waals surface area contributed by atoms with Gasteiger partial charge >= 0.3 is 6.09 Å². The van der Waals surface area contributed by atoms with Gasteiger partial charge in [0.05, 0.1) is 6.54 Å². The molecule has 0 radical (unpaired) electrons. The number of amides is 1. The molecule has 0 bridgehead atoms. The van der Waals surface area contributed by atoms with Crippen LogP contribution in [0.4, 0.5) is 19.3 Å². The molecule has 0 heterocycles. The number of nitrogens with two attached hydrogens (primary N) is 1. The van der Waals surface area contributed by atoms with E-state index in [1.807, 2.05) is 0 Å². The minimum atomic E-state index is -3.01. The quantitative estimate of drug-likeness (QED) is 0.893. The Hall–Kier alpha value is -1.69. The fourth-order valence-corrected chi connectivity index (χ4v) is 1.56. The number of hydrogen-bond donors (Lipinski definition) is 2. The molecule has 112 valence electrons. The van der Waals surface area contributed by atoms with Crippen molar-refractivity contribution in [1.29, 1.82) is 0 Å². The number of carbonyl (C=O) groups is 1. The molecule has 1 amide bonds. The third kappa shape index (κ3) is 5.52. The Morgan fingerprint density at radius 3 is 2.45 bits per heavy atom. The molecule has 6 heteroatoms. The minimum absolute atomic E-state index is 0.301. The Morgan fingerprint density at radius 1 is 1.30 bits per heavy atom. The van der Waals surface area contributed by atoms with E-state index in [4.69, 9.17) is 10.5 Å². The van der Waals surface area contributed by atoms with E-state index in [1.165, 1.54) is 6.07 Å². The minimum Gasteiger partial charge on any atom is -0.444 e. The fourth-order valence-electron chi connectivity index (χ4n) is 1.56. The SMILES string of the molecule is CC(C)(C)OC(=O)Nc1ccccc1CC(F)(F)CN. The van der Waals surface area contributed by atoms with E-state index in [0.717, 1.165) is 0 Å². The second kappa shape index (κ2) is 6.17. The summed E-state index contributed by atoms with van der Waals surface area (Å²) >= 11 is 0. The summed E-state index contributed by atoms with van der Waals surface area (Å²) in [6.07, 6.45) is -1.21.